The van der Waals surface area contributed by atoms with Crippen LogP contribution in [0.15, 0.2) is 51.9 Å². The number of aliphatic imine (C=N–C) groups is 1. The summed E-state index contributed by atoms with van der Waals surface area (Å²) in [6.07, 6.45) is 4.37. The fourth-order valence-corrected chi connectivity index (χ4v) is 5.75. The van der Waals surface area contributed by atoms with E-state index in [1.54, 1.807) is 11.0 Å². The van der Waals surface area contributed by atoms with Crippen molar-refractivity contribution in [2.24, 2.45) is 16.8 Å². The van der Waals surface area contributed by atoms with E-state index in [2.05, 4.69) is 0 Å². The molecule has 6 nitrogen and oxygen atoms in total. The largest absolute Gasteiger partial charge is 0.461 e. The number of rotatable bonds is 5. The molecule has 1 saturated heterocycles. The molecule has 3 aromatic rings. The van der Waals surface area contributed by atoms with Crippen molar-refractivity contribution < 1.29 is 18.4 Å². The van der Waals surface area contributed by atoms with Gasteiger partial charge in [-0.25, -0.2) is 4.39 Å². The molecule has 0 radical (unpaired) electrons. The predicted octanol–water partition coefficient (Wildman–Crippen LogP) is 4.93. The van der Waals surface area contributed by atoms with E-state index >= 15 is 4.39 Å². The van der Waals surface area contributed by atoms with Gasteiger partial charge in [0.05, 0.1) is 0 Å². The summed E-state index contributed by atoms with van der Waals surface area (Å²) < 4.78 is 21.1. The highest BCUT2D eigenvalue weighted by atomic mass is 19.1. The van der Waals surface area contributed by atoms with Gasteiger partial charge in [0.25, 0.3) is 5.91 Å². The Hall–Kier alpha value is -3.48. The fraction of sp³-hybridized carbons (Fsp3) is 0.414. The van der Waals surface area contributed by atoms with Crippen molar-refractivity contribution in [2.45, 2.75) is 44.6 Å². The molecule has 184 valence electrons. The molecule has 2 aliphatic heterocycles. The highest BCUT2D eigenvalue weighted by Crippen LogP contribution is 2.46. The zero-order valence-electron chi connectivity index (χ0n) is 20.3. The first kappa shape index (κ1) is 21.8. The van der Waals surface area contributed by atoms with Crippen LogP contribution in [0.5, 0.6) is 0 Å². The number of benzene rings is 2. The molecule has 1 aromatic heterocycles. The van der Waals surface area contributed by atoms with Crippen LogP contribution >= 0.6 is 0 Å². The monoisotopic (exact) mass is 485 g/mol. The average Bonchev–Trinajstić information content (AvgIpc) is 3.76. The zero-order valence-corrected chi connectivity index (χ0v) is 20.3. The summed E-state index contributed by atoms with van der Waals surface area (Å²) >= 11 is 0. The molecule has 4 aliphatic rings. The molecule has 2 saturated carbocycles. The quantitative estimate of drug-likeness (QED) is 0.515. The maximum absolute atomic E-state index is 15.4. The van der Waals surface area contributed by atoms with Crippen molar-refractivity contribution in [3.8, 4) is 11.1 Å². The predicted molar refractivity (Wildman–Crippen MR) is 134 cm³/mol. The SMILES string of the molecule is Cc1cc2cc(-c3ccc(C4=NC5(CC5)C(=O)N4CC4CCN(C(=O)C5CC5)C4)cc3F)ccc2o1. The summed E-state index contributed by atoms with van der Waals surface area (Å²) in [5.74, 6) is 1.75. The van der Waals surface area contributed by atoms with Gasteiger partial charge in [-0.1, -0.05) is 18.2 Å². The molecule has 2 aromatic carbocycles. The number of amides is 2. The summed E-state index contributed by atoms with van der Waals surface area (Å²) in [4.78, 5) is 34.3. The Morgan fingerprint density at radius 3 is 2.67 bits per heavy atom. The molecule has 36 heavy (non-hydrogen) atoms. The van der Waals surface area contributed by atoms with Crippen molar-refractivity contribution in [1.29, 1.82) is 0 Å². The fourth-order valence-electron chi connectivity index (χ4n) is 5.75. The van der Waals surface area contributed by atoms with E-state index in [1.807, 2.05) is 42.2 Å². The van der Waals surface area contributed by atoms with Crippen LogP contribution in [0.1, 0.15) is 43.4 Å². The third-order valence-corrected chi connectivity index (χ3v) is 8.09. The highest BCUT2D eigenvalue weighted by Gasteiger charge is 2.57. The summed E-state index contributed by atoms with van der Waals surface area (Å²) in [5, 5.41) is 0.937. The van der Waals surface area contributed by atoms with Crippen molar-refractivity contribution in [2.75, 3.05) is 19.6 Å². The average molecular weight is 486 g/mol. The second-order valence-corrected chi connectivity index (χ2v) is 10.9. The van der Waals surface area contributed by atoms with Crippen molar-refractivity contribution in [3.63, 3.8) is 0 Å². The van der Waals surface area contributed by atoms with Crippen molar-refractivity contribution in [1.82, 2.24) is 9.80 Å². The number of fused-ring (bicyclic) bond motifs is 1. The van der Waals surface area contributed by atoms with E-state index in [0.29, 0.717) is 30.1 Å². The van der Waals surface area contributed by atoms with Gasteiger partial charge in [0.15, 0.2) is 0 Å². The Morgan fingerprint density at radius 1 is 1.11 bits per heavy atom. The lowest BCUT2D eigenvalue weighted by Crippen LogP contribution is -2.41. The minimum Gasteiger partial charge on any atom is -0.461 e. The number of halogens is 1. The van der Waals surface area contributed by atoms with E-state index in [4.69, 9.17) is 9.41 Å². The van der Waals surface area contributed by atoms with E-state index in [1.165, 1.54) is 6.07 Å². The molecule has 0 bridgehead atoms. The third kappa shape index (κ3) is 3.55. The molecule has 0 N–H and O–H groups in total. The van der Waals surface area contributed by atoms with Crippen LogP contribution in [0.25, 0.3) is 22.1 Å². The van der Waals surface area contributed by atoms with Gasteiger partial charge in [-0.05, 0) is 74.8 Å². The van der Waals surface area contributed by atoms with Crippen LogP contribution in [-0.4, -0.2) is 52.6 Å². The normalized spacial score (nSPS) is 22.7. The van der Waals surface area contributed by atoms with Gasteiger partial charge < -0.3 is 9.32 Å². The third-order valence-electron chi connectivity index (χ3n) is 8.09. The molecule has 7 heteroatoms. The van der Waals surface area contributed by atoms with Gasteiger partial charge in [-0.2, -0.15) is 0 Å². The highest BCUT2D eigenvalue weighted by molar-refractivity contribution is 6.16. The number of aryl methyl sites for hydroxylation is 1. The zero-order chi connectivity index (χ0) is 24.6. The Kier molecular flexibility index (Phi) is 4.69. The number of hydrogen-bond donors (Lipinski definition) is 0. The van der Waals surface area contributed by atoms with Gasteiger partial charge in [0, 0.05) is 42.1 Å². The lowest BCUT2D eigenvalue weighted by atomic mass is 10.0. The Labute approximate surface area is 208 Å². The first-order chi connectivity index (χ1) is 17.4. The number of nitrogens with zero attached hydrogens (tertiary/aromatic N) is 3. The second kappa shape index (κ2) is 7.76. The Balaban J connectivity index is 1.15. The topological polar surface area (TPSA) is 66.1 Å². The lowest BCUT2D eigenvalue weighted by molar-refractivity contribution is -0.131. The number of amidine groups is 1. The van der Waals surface area contributed by atoms with Crippen LogP contribution in [-0.2, 0) is 9.59 Å². The van der Waals surface area contributed by atoms with Crippen LogP contribution < -0.4 is 0 Å². The molecule has 7 rings (SSSR count). The molecular weight excluding hydrogens is 457 g/mol. The summed E-state index contributed by atoms with van der Waals surface area (Å²) in [7, 11) is 0. The van der Waals surface area contributed by atoms with Crippen molar-refractivity contribution >= 4 is 28.6 Å². The Bertz CT molecular complexity index is 1450. The minimum absolute atomic E-state index is 0.0229. The smallest absolute Gasteiger partial charge is 0.256 e. The summed E-state index contributed by atoms with van der Waals surface area (Å²) in [6, 6.07) is 12.7. The molecule has 2 aliphatic carbocycles. The van der Waals surface area contributed by atoms with E-state index in [-0.39, 0.29) is 29.5 Å². The lowest BCUT2D eigenvalue weighted by Gasteiger charge is -2.24. The van der Waals surface area contributed by atoms with Crippen LogP contribution in [0, 0.1) is 24.6 Å². The second-order valence-electron chi connectivity index (χ2n) is 10.9. The van der Waals surface area contributed by atoms with Gasteiger partial charge in [-0.3, -0.25) is 19.5 Å². The first-order valence-corrected chi connectivity index (χ1v) is 12.9. The molecule has 3 fully saturated rings. The minimum atomic E-state index is -0.656. The first-order valence-electron chi connectivity index (χ1n) is 12.9. The van der Waals surface area contributed by atoms with Crippen molar-refractivity contribution in [3.05, 3.63) is 59.6 Å². The summed E-state index contributed by atoms with van der Waals surface area (Å²) in [6.45, 7) is 3.85. The van der Waals surface area contributed by atoms with Crippen LogP contribution in [0.3, 0.4) is 0 Å². The molecule has 1 spiro atoms. The number of carbonyl (C=O) groups excluding carboxylic acids is 2. The van der Waals surface area contributed by atoms with Gasteiger partial charge in [-0.15, -0.1) is 0 Å². The standard InChI is InChI=1S/C29H28FN3O3/c1-17-12-22-13-20(5-7-25(22)36-17)23-6-4-21(14-24(23)30)26-31-29(9-10-29)28(35)33(26)16-18-8-11-32(15-18)27(34)19-2-3-19/h4-7,12-14,18-19H,2-3,8-11,15-16H2,1H3. The number of hydrogen-bond acceptors (Lipinski definition) is 4. The van der Waals surface area contributed by atoms with E-state index in [9.17, 15) is 9.59 Å². The van der Waals surface area contributed by atoms with Crippen LogP contribution in [0.2, 0.25) is 0 Å². The Morgan fingerprint density at radius 2 is 1.92 bits per heavy atom. The van der Waals surface area contributed by atoms with E-state index < -0.39 is 5.54 Å². The molecule has 1 atom stereocenters. The maximum Gasteiger partial charge on any atom is 0.256 e. The molecule has 3 heterocycles. The van der Waals surface area contributed by atoms with Gasteiger partial charge in [0.1, 0.15) is 28.5 Å². The maximum atomic E-state index is 15.4. The number of carbonyl (C=O) groups is 2. The van der Waals surface area contributed by atoms with Gasteiger partial charge >= 0.3 is 0 Å². The molecular formula is C29H28FN3O3. The molecule has 1 unspecified atom stereocenters. The summed E-state index contributed by atoms with van der Waals surface area (Å²) in [5.41, 5.74) is 2.02. The van der Waals surface area contributed by atoms with E-state index in [0.717, 1.165) is 60.9 Å². The van der Waals surface area contributed by atoms with Gasteiger partial charge in [0.2, 0.25) is 5.91 Å². The molecule has 2 amide bonds. The van der Waals surface area contributed by atoms with Crippen LogP contribution in [0.4, 0.5) is 4.39 Å². The number of likely N-dealkylation sites (tertiary alicyclic amines) is 1. The number of furan rings is 1.